The second-order valence-electron chi connectivity index (χ2n) is 5.57. The first-order chi connectivity index (χ1) is 13.2. The first kappa shape index (κ1) is 19.2. The molecule has 0 fully saturated rings. The van der Waals surface area contributed by atoms with Crippen molar-refractivity contribution in [2.24, 2.45) is 0 Å². The van der Waals surface area contributed by atoms with Gasteiger partial charge in [-0.15, -0.1) is 20.4 Å². The van der Waals surface area contributed by atoms with Gasteiger partial charge in [0.1, 0.15) is 5.03 Å². The number of carbonyl (C=O) groups excluding carboxylic acids is 1. The third kappa shape index (κ3) is 6.30. The van der Waals surface area contributed by atoms with Crippen LogP contribution in [-0.4, -0.2) is 43.6 Å². The SMILES string of the molecule is Cc1nnc(-c2ccc(CC(=O)NCCSSc3ccccn3)cc2)nn1. The lowest BCUT2D eigenvalue weighted by molar-refractivity contribution is -0.120. The van der Waals surface area contributed by atoms with Gasteiger partial charge in [0.2, 0.25) is 11.7 Å². The van der Waals surface area contributed by atoms with E-state index < -0.39 is 0 Å². The molecule has 0 aliphatic heterocycles. The lowest BCUT2D eigenvalue weighted by Crippen LogP contribution is -2.27. The number of nitrogens with zero attached hydrogens (tertiary/aromatic N) is 5. The van der Waals surface area contributed by atoms with Gasteiger partial charge in [-0.2, -0.15) is 0 Å². The van der Waals surface area contributed by atoms with Gasteiger partial charge >= 0.3 is 0 Å². The van der Waals surface area contributed by atoms with E-state index in [4.69, 9.17) is 0 Å². The van der Waals surface area contributed by atoms with Gasteiger partial charge in [-0.25, -0.2) is 4.98 Å². The first-order valence-corrected chi connectivity index (χ1v) is 10.6. The lowest BCUT2D eigenvalue weighted by atomic mass is 10.1. The Hall–Kier alpha value is -2.52. The average Bonchev–Trinajstić information content (AvgIpc) is 2.70. The molecule has 7 nitrogen and oxygen atoms in total. The first-order valence-electron chi connectivity index (χ1n) is 8.31. The number of hydrogen-bond acceptors (Lipinski definition) is 8. The van der Waals surface area contributed by atoms with Crippen molar-refractivity contribution in [3.63, 3.8) is 0 Å². The van der Waals surface area contributed by atoms with Crippen LogP contribution in [0.25, 0.3) is 11.4 Å². The van der Waals surface area contributed by atoms with Crippen LogP contribution in [0.1, 0.15) is 11.4 Å². The Bertz CT molecular complexity index is 859. The van der Waals surface area contributed by atoms with E-state index in [0.717, 1.165) is 21.9 Å². The van der Waals surface area contributed by atoms with E-state index in [1.807, 2.05) is 42.5 Å². The molecule has 0 aliphatic rings. The summed E-state index contributed by atoms with van der Waals surface area (Å²) in [6.45, 7) is 2.36. The van der Waals surface area contributed by atoms with Crippen molar-refractivity contribution < 1.29 is 4.79 Å². The number of aryl methyl sites for hydroxylation is 1. The fourth-order valence-corrected chi connectivity index (χ4v) is 3.93. The van der Waals surface area contributed by atoms with Gasteiger partial charge in [0, 0.05) is 24.1 Å². The number of pyridine rings is 1. The second kappa shape index (κ2) is 9.98. The smallest absolute Gasteiger partial charge is 0.224 e. The van der Waals surface area contributed by atoms with Crippen molar-refractivity contribution in [3.8, 4) is 11.4 Å². The number of hydrogen-bond donors (Lipinski definition) is 1. The maximum absolute atomic E-state index is 12.1. The molecule has 27 heavy (non-hydrogen) atoms. The summed E-state index contributed by atoms with van der Waals surface area (Å²) in [4.78, 5) is 16.3. The summed E-state index contributed by atoms with van der Waals surface area (Å²) in [6, 6.07) is 13.3. The van der Waals surface area contributed by atoms with Gasteiger partial charge in [0.15, 0.2) is 5.82 Å². The fourth-order valence-electron chi connectivity index (χ4n) is 2.15. The van der Waals surface area contributed by atoms with Crippen LogP contribution in [0.3, 0.4) is 0 Å². The van der Waals surface area contributed by atoms with E-state index in [2.05, 4.69) is 30.7 Å². The van der Waals surface area contributed by atoms with Crippen LogP contribution < -0.4 is 5.32 Å². The van der Waals surface area contributed by atoms with Crippen molar-refractivity contribution in [2.75, 3.05) is 12.3 Å². The van der Waals surface area contributed by atoms with E-state index in [-0.39, 0.29) is 5.91 Å². The van der Waals surface area contributed by atoms with Gasteiger partial charge in [-0.3, -0.25) is 4.79 Å². The molecule has 0 saturated heterocycles. The number of carbonyl (C=O) groups is 1. The molecular weight excluding hydrogens is 380 g/mol. The van der Waals surface area contributed by atoms with Crippen molar-refractivity contribution in [3.05, 3.63) is 60.0 Å². The van der Waals surface area contributed by atoms with Crippen molar-refractivity contribution >= 4 is 27.5 Å². The quantitative estimate of drug-likeness (QED) is 0.457. The second-order valence-corrected chi connectivity index (χ2v) is 8.00. The van der Waals surface area contributed by atoms with Gasteiger partial charge in [-0.05, 0) is 35.4 Å². The third-order valence-electron chi connectivity index (χ3n) is 3.45. The van der Waals surface area contributed by atoms with Crippen molar-refractivity contribution in [2.45, 2.75) is 18.4 Å². The summed E-state index contributed by atoms with van der Waals surface area (Å²) in [5.41, 5.74) is 1.75. The predicted molar refractivity (Wildman–Crippen MR) is 107 cm³/mol. The van der Waals surface area contributed by atoms with Crippen LogP contribution >= 0.6 is 21.6 Å². The Labute approximate surface area is 165 Å². The lowest BCUT2D eigenvalue weighted by Gasteiger charge is -2.06. The number of amides is 1. The summed E-state index contributed by atoms with van der Waals surface area (Å²) in [5, 5.41) is 19.7. The van der Waals surface area contributed by atoms with Crippen molar-refractivity contribution in [1.82, 2.24) is 30.7 Å². The predicted octanol–water partition coefficient (Wildman–Crippen LogP) is 2.74. The van der Waals surface area contributed by atoms with Crippen LogP contribution in [-0.2, 0) is 11.2 Å². The minimum Gasteiger partial charge on any atom is -0.355 e. The van der Waals surface area contributed by atoms with E-state index in [9.17, 15) is 4.79 Å². The maximum atomic E-state index is 12.1. The summed E-state index contributed by atoms with van der Waals surface area (Å²) in [7, 11) is 3.28. The van der Waals surface area contributed by atoms with Crippen LogP contribution in [0.5, 0.6) is 0 Å². The van der Waals surface area contributed by atoms with Gasteiger partial charge < -0.3 is 5.32 Å². The summed E-state index contributed by atoms with van der Waals surface area (Å²) >= 11 is 0. The molecule has 3 rings (SSSR count). The van der Waals surface area contributed by atoms with Gasteiger partial charge in [0.25, 0.3) is 0 Å². The van der Waals surface area contributed by atoms with Crippen LogP contribution in [0, 0.1) is 6.92 Å². The minimum absolute atomic E-state index is 0.00102. The Morgan fingerprint density at radius 1 is 1.04 bits per heavy atom. The largest absolute Gasteiger partial charge is 0.355 e. The molecule has 0 unspecified atom stereocenters. The Morgan fingerprint density at radius 3 is 2.52 bits per heavy atom. The summed E-state index contributed by atoms with van der Waals surface area (Å²) in [6.07, 6.45) is 2.11. The molecule has 9 heteroatoms. The minimum atomic E-state index is 0.00102. The molecule has 1 N–H and O–H groups in total. The molecule has 0 spiro atoms. The summed E-state index contributed by atoms with van der Waals surface area (Å²) < 4.78 is 0. The van der Waals surface area contributed by atoms with Crippen LogP contribution in [0.4, 0.5) is 0 Å². The molecule has 3 aromatic rings. The monoisotopic (exact) mass is 398 g/mol. The molecular formula is C18H18N6OS2. The molecule has 1 aromatic carbocycles. The standard InChI is InChI=1S/C18H18N6OS2/c1-13-21-23-18(24-22-13)15-7-5-14(6-8-15)12-16(25)19-10-11-26-27-17-4-2-3-9-20-17/h2-9H,10-12H2,1H3,(H,19,25). The van der Waals surface area contributed by atoms with E-state index in [1.165, 1.54) is 0 Å². The molecule has 0 atom stereocenters. The number of rotatable bonds is 8. The molecule has 0 radical (unpaired) electrons. The van der Waals surface area contributed by atoms with Crippen LogP contribution in [0.15, 0.2) is 53.7 Å². The average molecular weight is 399 g/mol. The van der Waals surface area contributed by atoms with Gasteiger partial charge in [-0.1, -0.05) is 41.1 Å². The number of aromatic nitrogens is 5. The number of nitrogens with one attached hydrogen (secondary N) is 1. The Kier molecular flexibility index (Phi) is 7.11. The number of benzene rings is 1. The molecule has 1 amide bonds. The molecule has 2 heterocycles. The third-order valence-corrected chi connectivity index (χ3v) is 5.71. The molecule has 0 aliphatic carbocycles. The molecule has 0 bridgehead atoms. The van der Waals surface area contributed by atoms with E-state index in [0.29, 0.717) is 24.6 Å². The molecule has 138 valence electrons. The normalized spacial score (nSPS) is 10.6. The Balaban J connectivity index is 1.39. The highest BCUT2D eigenvalue weighted by Gasteiger charge is 2.06. The maximum Gasteiger partial charge on any atom is 0.224 e. The highest BCUT2D eigenvalue weighted by Crippen LogP contribution is 2.28. The zero-order valence-corrected chi connectivity index (χ0v) is 16.3. The molecule has 0 saturated carbocycles. The Morgan fingerprint density at radius 2 is 1.81 bits per heavy atom. The van der Waals surface area contributed by atoms with Gasteiger partial charge in [0.05, 0.1) is 6.42 Å². The van der Waals surface area contributed by atoms with E-state index >= 15 is 0 Å². The zero-order chi connectivity index (χ0) is 18.9. The summed E-state index contributed by atoms with van der Waals surface area (Å²) in [5.74, 6) is 1.82. The van der Waals surface area contributed by atoms with Crippen LogP contribution in [0.2, 0.25) is 0 Å². The zero-order valence-electron chi connectivity index (χ0n) is 14.7. The highest BCUT2D eigenvalue weighted by atomic mass is 33.1. The highest BCUT2D eigenvalue weighted by molar-refractivity contribution is 8.76. The van der Waals surface area contributed by atoms with E-state index in [1.54, 1.807) is 34.7 Å². The van der Waals surface area contributed by atoms with Crippen molar-refractivity contribution in [1.29, 1.82) is 0 Å². The molecule has 2 aromatic heterocycles. The topological polar surface area (TPSA) is 93.6 Å². The fraction of sp³-hybridized carbons (Fsp3) is 0.222.